The summed E-state index contributed by atoms with van der Waals surface area (Å²) >= 11 is 0. The Bertz CT molecular complexity index is 303. The van der Waals surface area contributed by atoms with Crippen molar-refractivity contribution < 1.29 is 4.79 Å². The van der Waals surface area contributed by atoms with E-state index in [9.17, 15) is 4.79 Å². The van der Waals surface area contributed by atoms with E-state index in [2.05, 4.69) is 6.92 Å². The molecular formula is C13H25N3O. The predicted molar refractivity (Wildman–Crippen MR) is 68.3 cm³/mol. The van der Waals surface area contributed by atoms with Gasteiger partial charge in [-0.05, 0) is 38.0 Å². The van der Waals surface area contributed by atoms with Crippen molar-refractivity contribution in [3.05, 3.63) is 0 Å². The number of carbonyl (C=O) groups excluding carboxylic acids is 1. The van der Waals surface area contributed by atoms with Crippen molar-refractivity contribution in [1.29, 1.82) is 0 Å². The average molecular weight is 239 g/mol. The van der Waals surface area contributed by atoms with Crippen LogP contribution in [-0.2, 0) is 4.79 Å². The monoisotopic (exact) mass is 239 g/mol. The first-order chi connectivity index (χ1) is 7.95. The first kappa shape index (κ1) is 12.8. The normalized spacial score (nSPS) is 35.8. The fourth-order valence-corrected chi connectivity index (χ4v) is 3.46. The molecule has 0 bridgehead atoms. The number of amides is 1. The zero-order valence-electron chi connectivity index (χ0n) is 11.0. The second-order valence-electron chi connectivity index (χ2n) is 6.04. The molecule has 0 spiro atoms. The molecule has 1 amide bonds. The van der Waals surface area contributed by atoms with E-state index in [0.717, 1.165) is 32.4 Å². The maximum atomic E-state index is 12.4. The molecule has 4 N–H and O–H groups in total. The van der Waals surface area contributed by atoms with Crippen molar-refractivity contribution in [2.24, 2.45) is 23.3 Å². The summed E-state index contributed by atoms with van der Waals surface area (Å²) < 4.78 is 0. The average Bonchev–Trinajstić information content (AvgIpc) is 2.80. The van der Waals surface area contributed by atoms with E-state index < -0.39 is 5.54 Å². The van der Waals surface area contributed by atoms with Crippen molar-refractivity contribution in [2.75, 3.05) is 13.1 Å². The summed E-state index contributed by atoms with van der Waals surface area (Å²) in [5.41, 5.74) is 11.5. The van der Waals surface area contributed by atoms with Crippen molar-refractivity contribution in [2.45, 2.75) is 51.1 Å². The Balaban J connectivity index is 1.99. The third kappa shape index (κ3) is 2.33. The lowest BCUT2D eigenvalue weighted by Gasteiger charge is -2.29. The molecule has 17 heavy (non-hydrogen) atoms. The van der Waals surface area contributed by atoms with Crippen LogP contribution in [-0.4, -0.2) is 35.5 Å². The highest BCUT2D eigenvalue weighted by molar-refractivity contribution is 5.86. The minimum absolute atomic E-state index is 0.112. The molecule has 0 radical (unpaired) electrons. The molecule has 4 heteroatoms. The molecule has 0 aromatic heterocycles. The third-order valence-corrected chi connectivity index (χ3v) is 4.46. The molecule has 1 saturated heterocycles. The SMILES string of the molecule is CCCC(C)(N)C(=O)N1CC2CCC(N)C2C1. The molecule has 0 aromatic rings. The summed E-state index contributed by atoms with van der Waals surface area (Å²) in [6.45, 7) is 5.61. The maximum Gasteiger partial charge on any atom is 0.242 e. The van der Waals surface area contributed by atoms with Gasteiger partial charge in [-0.15, -0.1) is 0 Å². The largest absolute Gasteiger partial charge is 0.340 e. The Morgan fingerprint density at radius 2 is 2.12 bits per heavy atom. The van der Waals surface area contributed by atoms with Gasteiger partial charge in [0.05, 0.1) is 5.54 Å². The van der Waals surface area contributed by atoms with E-state index in [1.54, 1.807) is 0 Å². The van der Waals surface area contributed by atoms with Gasteiger partial charge in [0.2, 0.25) is 5.91 Å². The summed E-state index contributed by atoms with van der Waals surface area (Å²) in [7, 11) is 0. The number of hydrogen-bond donors (Lipinski definition) is 2. The van der Waals surface area contributed by atoms with Crippen molar-refractivity contribution >= 4 is 5.91 Å². The Labute approximate surface area is 104 Å². The second kappa shape index (κ2) is 4.58. The highest BCUT2D eigenvalue weighted by atomic mass is 16.2. The number of nitrogens with zero attached hydrogens (tertiary/aromatic N) is 1. The lowest BCUT2D eigenvalue weighted by Crippen LogP contribution is -2.53. The van der Waals surface area contributed by atoms with Crippen LogP contribution < -0.4 is 11.5 Å². The summed E-state index contributed by atoms with van der Waals surface area (Å²) in [5.74, 6) is 1.24. The molecule has 4 atom stereocenters. The highest BCUT2D eigenvalue weighted by Gasteiger charge is 2.45. The number of likely N-dealkylation sites (tertiary alicyclic amines) is 1. The molecule has 2 aliphatic rings. The van der Waals surface area contributed by atoms with Gasteiger partial charge in [-0.3, -0.25) is 4.79 Å². The zero-order valence-corrected chi connectivity index (χ0v) is 11.0. The van der Waals surface area contributed by atoms with Crippen molar-refractivity contribution in [3.8, 4) is 0 Å². The van der Waals surface area contributed by atoms with Crippen LogP contribution in [0.2, 0.25) is 0 Å². The van der Waals surface area contributed by atoms with Gasteiger partial charge in [-0.1, -0.05) is 13.3 Å². The van der Waals surface area contributed by atoms with Crippen LogP contribution in [0.4, 0.5) is 0 Å². The molecular weight excluding hydrogens is 214 g/mol. The molecule has 1 aliphatic carbocycles. The fraction of sp³-hybridized carbons (Fsp3) is 0.923. The maximum absolute atomic E-state index is 12.4. The van der Waals surface area contributed by atoms with E-state index >= 15 is 0 Å². The van der Waals surface area contributed by atoms with E-state index in [0.29, 0.717) is 11.8 Å². The van der Waals surface area contributed by atoms with Gasteiger partial charge >= 0.3 is 0 Å². The number of hydrogen-bond acceptors (Lipinski definition) is 3. The number of nitrogens with two attached hydrogens (primary N) is 2. The van der Waals surface area contributed by atoms with Crippen LogP contribution >= 0.6 is 0 Å². The Morgan fingerprint density at radius 1 is 1.41 bits per heavy atom. The molecule has 2 rings (SSSR count). The van der Waals surface area contributed by atoms with Crippen LogP contribution in [0, 0.1) is 11.8 Å². The lowest BCUT2D eigenvalue weighted by molar-refractivity contribution is -0.135. The van der Waals surface area contributed by atoms with E-state index in [4.69, 9.17) is 11.5 Å². The summed E-state index contributed by atoms with van der Waals surface area (Å²) in [6, 6.07) is 0.285. The van der Waals surface area contributed by atoms with Gasteiger partial charge in [-0.25, -0.2) is 0 Å². The molecule has 0 aromatic carbocycles. The molecule has 4 nitrogen and oxygen atoms in total. The van der Waals surface area contributed by atoms with Gasteiger partial charge in [0, 0.05) is 19.1 Å². The topological polar surface area (TPSA) is 72.4 Å². The van der Waals surface area contributed by atoms with Gasteiger partial charge < -0.3 is 16.4 Å². The molecule has 1 aliphatic heterocycles. The predicted octanol–water partition coefficient (Wildman–Crippen LogP) is 0.700. The summed E-state index contributed by atoms with van der Waals surface area (Å²) in [6.07, 6.45) is 3.99. The first-order valence-electron chi connectivity index (χ1n) is 6.79. The van der Waals surface area contributed by atoms with Crippen LogP contribution in [0.15, 0.2) is 0 Å². The second-order valence-corrected chi connectivity index (χ2v) is 6.04. The fourth-order valence-electron chi connectivity index (χ4n) is 3.46. The quantitative estimate of drug-likeness (QED) is 0.761. The summed E-state index contributed by atoms with van der Waals surface area (Å²) in [5, 5.41) is 0. The van der Waals surface area contributed by atoms with Gasteiger partial charge in [0.1, 0.15) is 0 Å². The minimum Gasteiger partial charge on any atom is -0.340 e. The van der Waals surface area contributed by atoms with Crippen molar-refractivity contribution in [1.82, 2.24) is 4.90 Å². The smallest absolute Gasteiger partial charge is 0.242 e. The Morgan fingerprint density at radius 3 is 2.71 bits per heavy atom. The number of carbonyl (C=O) groups is 1. The van der Waals surface area contributed by atoms with E-state index in [1.165, 1.54) is 6.42 Å². The summed E-state index contributed by atoms with van der Waals surface area (Å²) in [4.78, 5) is 14.3. The standard InChI is InChI=1S/C13H25N3O/c1-3-6-13(2,15)12(17)16-7-9-4-5-11(14)10(9)8-16/h9-11H,3-8,14-15H2,1-2H3. The number of fused-ring (bicyclic) bond motifs is 1. The van der Waals surface area contributed by atoms with E-state index in [1.807, 2.05) is 11.8 Å². The number of rotatable bonds is 3. The Kier molecular flexibility index (Phi) is 3.46. The van der Waals surface area contributed by atoms with Crippen LogP contribution in [0.3, 0.4) is 0 Å². The van der Waals surface area contributed by atoms with Crippen LogP contribution in [0.1, 0.15) is 39.5 Å². The zero-order chi connectivity index (χ0) is 12.6. The lowest BCUT2D eigenvalue weighted by atomic mass is 9.96. The first-order valence-corrected chi connectivity index (χ1v) is 6.79. The Hall–Kier alpha value is -0.610. The van der Waals surface area contributed by atoms with E-state index in [-0.39, 0.29) is 11.9 Å². The highest BCUT2D eigenvalue weighted by Crippen LogP contribution is 2.37. The molecule has 4 unspecified atom stereocenters. The van der Waals surface area contributed by atoms with Crippen LogP contribution in [0.5, 0.6) is 0 Å². The van der Waals surface area contributed by atoms with Gasteiger partial charge in [-0.2, -0.15) is 0 Å². The molecule has 1 heterocycles. The van der Waals surface area contributed by atoms with Crippen molar-refractivity contribution in [3.63, 3.8) is 0 Å². The third-order valence-electron chi connectivity index (χ3n) is 4.46. The molecule has 1 saturated carbocycles. The molecule has 2 fully saturated rings. The van der Waals surface area contributed by atoms with Gasteiger partial charge in [0.25, 0.3) is 0 Å². The van der Waals surface area contributed by atoms with Crippen LogP contribution in [0.25, 0.3) is 0 Å². The minimum atomic E-state index is -0.697. The van der Waals surface area contributed by atoms with Gasteiger partial charge in [0.15, 0.2) is 0 Å². The molecule has 98 valence electrons.